The van der Waals surface area contributed by atoms with Gasteiger partial charge < -0.3 is 5.32 Å². The minimum absolute atomic E-state index is 0.637. The van der Waals surface area contributed by atoms with Crippen molar-refractivity contribution in [3.63, 3.8) is 0 Å². The molecule has 80 valence electrons. The van der Waals surface area contributed by atoms with Crippen LogP contribution in [0, 0.1) is 6.92 Å². The van der Waals surface area contributed by atoms with Crippen molar-refractivity contribution >= 4 is 27.9 Å². The van der Waals surface area contributed by atoms with Gasteiger partial charge in [-0.2, -0.15) is 0 Å². The third-order valence-corrected chi connectivity index (χ3v) is 3.96. The van der Waals surface area contributed by atoms with Crippen molar-refractivity contribution in [1.29, 1.82) is 0 Å². The average molecular weight is 242 g/mol. The van der Waals surface area contributed by atoms with Gasteiger partial charge in [-0.05, 0) is 19.8 Å². The third kappa shape index (κ3) is 1.67. The van der Waals surface area contributed by atoms with Gasteiger partial charge in [-0.25, -0.2) is 4.98 Å². The Morgan fingerprint density at radius 1 is 1.67 bits per heavy atom. The van der Waals surface area contributed by atoms with Crippen molar-refractivity contribution in [3.05, 3.63) is 21.9 Å². The molecule has 5 heteroatoms. The number of rotatable bonds is 3. The highest BCUT2D eigenvalue weighted by Gasteiger charge is 2.22. The summed E-state index contributed by atoms with van der Waals surface area (Å²) < 4.78 is 2.14. The molecule has 1 aliphatic rings. The van der Waals surface area contributed by atoms with Crippen LogP contribution in [0.25, 0.3) is 4.96 Å². The zero-order valence-electron chi connectivity index (χ0n) is 8.46. The van der Waals surface area contributed by atoms with Gasteiger partial charge in [0.2, 0.25) is 0 Å². The van der Waals surface area contributed by atoms with Crippen LogP contribution in [0.5, 0.6) is 0 Å². The predicted octanol–water partition coefficient (Wildman–Crippen LogP) is 2.61. The van der Waals surface area contributed by atoms with E-state index in [-0.39, 0.29) is 0 Å². The zero-order chi connectivity index (χ0) is 10.4. The molecule has 3 rings (SSSR count). The van der Waals surface area contributed by atoms with Gasteiger partial charge in [-0.1, -0.05) is 11.6 Å². The van der Waals surface area contributed by atoms with Crippen molar-refractivity contribution in [3.8, 4) is 0 Å². The number of aryl methyl sites for hydroxylation is 1. The summed E-state index contributed by atoms with van der Waals surface area (Å²) in [6.45, 7) is 2.91. The summed E-state index contributed by atoms with van der Waals surface area (Å²) >= 11 is 7.76. The lowest BCUT2D eigenvalue weighted by atomic mass is 10.4. The molecule has 2 heterocycles. The molecule has 2 aromatic rings. The molecule has 0 aliphatic heterocycles. The highest BCUT2D eigenvalue weighted by atomic mass is 35.5. The van der Waals surface area contributed by atoms with E-state index >= 15 is 0 Å². The van der Waals surface area contributed by atoms with Crippen LogP contribution in [-0.4, -0.2) is 15.4 Å². The van der Waals surface area contributed by atoms with Gasteiger partial charge >= 0.3 is 0 Å². The second kappa shape index (κ2) is 3.47. The molecule has 0 amide bonds. The second-order valence-corrected chi connectivity index (χ2v) is 5.19. The third-order valence-electron chi connectivity index (χ3n) is 2.72. The van der Waals surface area contributed by atoms with Gasteiger partial charge in [0.05, 0.1) is 5.69 Å². The fourth-order valence-corrected chi connectivity index (χ4v) is 2.89. The molecule has 2 aromatic heterocycles. The average Bonchev–Trinajstić information content (AvgIpc) is 2.89. The summed E-state index contributed by atoms with van der Waals surface area (Å²) in [4.78, 5) is 5.33. The van der Waals surface area contributed by atoms with Gasteiger partial charge in [0.25, 0.3) is 0 Å². The van der Waals surface area contributed by atoms with Gasteiger partial charge in [0, 0.05) is 23.7 Å². The number of fused-ring (bicyclic) bond motifs is 1. The summed E-state index contributed by atoms with van der Waals surface area (Å²) in [6.07, 6.45) is 2.59. The van der Waals surface area contributed by atoms with E-state index in [0.717, 1.165) is 17.2 Å². The van der Waals surface area contributed by atoms with E-state index in [0.29, 0.717) is 11.2 Å². The zero-order valence-corrected chi connectivity index (χ0v) is 10.0. The molecule has 1 aliphatic carbocycles. The lowest BCUT2D eigenvalue weighted by Crippen LogP contribution is -2.17. The smallest absolute Gasteiger partial charge is 0.195 e. The number of imidazole rings is 1. The molecule has 0 spiro atoms. The summed E-state index contributed by atoms with van der Waals surface area (Å²) in [7, 11) is 0. The fraction of sp³-hybridized carbons (Fsp3) is 0.500. The molecule has 0 radical (unpaired) electrons. The first kappa shape index (κ1) is 9.63. The summed E-state index contributed by atoms with van der Waals surface area (Å²) in [5, 5.41) is 6.22. The highest BCUT2D eigenvalue weighted by Crippen LogP contribution is 2.25. The van der Waals surface area contributed by atoms with Gasteiger partial charge in [-0.3, -0.25) is 4.40 Å². The van der Waals surface area contributed by atoms with Gasteiger partial charge in [0.1, 0.15) is 0 Å². The van der Waals surface area contributed by atoms with Crippen LogP contribution in [0.3, 0.4) is 0 Å². The highest BCUT2D eigenvalue weighted by molar-refractivity contribution is 7.15. The standard InChI is InChI=1S/C10H12ClN3S/c1-6-5-15-10-13-9(11)8(14(6)10)4-12-7-2-3-7/h5,7,12H,2-4H2,1H3. The van der Waals surface area contributed by atoms with Crippen LogP contribution < -0.4 is 5.32 Å². The van der Waals surface area contributed by atoms with Crippen LogP contribution >= 0.6 is 22.9 Å². The van der Waals surface area contributed by atoms with Crippen LogP contribution in [0.4, 0.5) is 0 Å². The monoisotopic (exact) mass is 241 g/mol. The summed E-state index contributed by atoms with van der Waals surface area (Å²) in [5.74, 6) is 0. The van der Waals surface area contributed by atoms with Crippen molar-refractivity contribution in [1.82, 2.24) is 14.7 Å². The molecular formula is C10H12ClN3S. The Kier molecular flexibility index (Phi) is 2.23. The number of thiazole rings is 1. The second-order valence-electron chi connectivity index (χ2n) is 4.00. The normalized spacial score (nSPS) is 16.4. The van der Waals surface area contributed by atoms with Crippen LogP contribution in [0.1, 0.15) is 24.2 Å². The largest absolute Gasteiger partial charge is 0.308 e. The maximum absolute atomic E-state index is 6.12. The Balaban J connectivity index is 1.97. The van der Waals surface area contributed by atoms with Crippen molar-refractivity contribution < 1.29 is 0 Å². The van der Waals surface area contributed by atoms with Crippen LogP contribution in [-0.2, 0) is 6.54 Å². The first-order chi connectivity index (χ1) is 7.25. The van der Waals surface area contributed by atoms with Crippen molar-refractivity contribution in [2.24, 2.45) is 0 Å². The predicted molar refractivity (Wildman–Crippen MR) is 62.7 cm³/mol. The lowest BCUT2D eigenvalue weighted by molar-refractivity contribution is 0.669. The Morgan fingerprint density at radius 3 is 3.20 bits per heavy atom. The van der Waals surface area contributed by atoms with E-state index in [1.165, 1.54) is 18.5 Å². The number of nitrogens with one attached hydrogen (secondary N) is 1. The first-order valence-electron chi connectivity index (χ1n) is 5.10. The number of hydrogen-bond donors (Lipinski definition) is 1. The summed E-state index contributed by atoms with van der Waals surface area (Å²) in [5.41, 5.74) is 2.30. The topological polar surface area (TPSA) is 29.3 Å². The Morgan fingerprint density at radius 2 is 2.47 bits per heavy atom. The molecule has 3 nitrogen and oxygen atoms in total. The van der Waals surface area contributed by atoms with Gasteiger partial charge in [-0.15, -0.1) is 11.3 Å². The van der Waals surface area contributed by atoms with E-state index in [1.807, 2.05) is 0 Å². The molecule has 0 aromatic carbocycles. The molecule has 15 heavy (non-hydrogen) atoms. The number of halogens is 1. The summed E-state index contributed by atoms with van der Waals surface area (Å²) in [6, 6.07) is 0.700. The van der Waals surface area contributed by atoms with Crippen LogP contribution in [0.2, 0.25) is 5.15 Å². The molecule has 1 N–H and O–H groups in total. The quantitative estimate of drug-likeness (QED) is 0.895. The molecule has 1 saturated carbocycles. The first-order valence-corrected chi connectivity index (χ1v) is 6.36. The van der Waals surface area contributed by atoms with Crippen molar-refractivity contribution in [2.75, 3.05) is 0 Å². The SMILES string of the molecule is Cc1csc2nc(Cl)c(CNC3CC3)n12. The fourth-order valence-electron chi connectivity index (χ4n) is 1.72. The molecule has 0 atom stereocenters. The number of aromatic nitrogens is 2. The Labute approximate surface area is 97.1 Å². The maximum Gasteiger partial charge on any atom is 0.195 e. The van der Waals surface area contributed by atoms with Gasteiger partial charge in [0.15, 0.2) is 10.1 Å². The number of hydrogen-bond acceptors (Lipinski definition) is 3. The molecule has 0 saturated heterocycles. The molecule has 0 bridgehead atoms. The van der Waals surface area contributed by atoms with Crippen LogP contribution in [0.15, 0.2) is 5.38 Å². The van der Waals surface area contributed by atoms with E-state index in [2.05, 4.69) is 27.0 Å². The van der Waals surface area contributed by atoms with Crippen molar-refractivity contribution in [2.45, 2.75) is 32.4 Å². The number of nitrogens with zero attached hydrogens (tertiary/aromatic N) is 2. The molecular weight excluding hydrogens is 230 g/mol. The van der Waals surface area contributed by atoms with E-state index < -0.39 is 0 Å². The molecule has 0 unspecified atom stereocenters. The Bertz CT molecular complexity index is 498. The minimum Gasteiger partial charge on any atom is -0.308 e. The van der Waals surface area contributed by atoms with E-state index in [4.69, 9.17) is 11.6 Å². The lowest BCUT2D eigenvalue weighted by Gasteiger charge is -2.03. The van der Waals surface area contributed by atoms with E-state index in [9.17, 15) is 0 Å². The van der Waals surface area contributed by atoms with E-state index in [1.54, 1.807) is 11.3 Å². The molecule has 1 fully saturated rings. The Hall–Kier alpha value is -0.580. The maximum atomic E-state index is 6.12. The minimum atomic E-state index is 0.637.